The summed E-state index contributed by atoms with van der Waals surface area (Å²) in [6, 6.07) is 16.5. The lowest BCUT2D eigenvalue weighted by molar-refractivity contribution is 0.102. The molecule has 0 fully saturated rings. The van der Waals surface area contributed by atoms with Crippen LogP contribution in [0.5, 0.6) is 11.6 Å². The molecule has 0 unspecified atom stereocenters. The van der Waals surface area contributed by atoms with Crippen LogP contribution in [-0.2, 0) is 10.0 Å². The Hall–Kier alpha value is -3.90. The van der Waals surface area contributed by atoms with Crippen molar-refractivity contribution in [2.24, 2.45) is 0 Å². The van der Waals surface area contributed by atoms with Crippen LogP contribution >= 0.6 is 0 Å². The molecule has 1 amide bonds. The van der Waals surface area contributed by atoms with Crippen molar-refractivity contribution in [2.45, 2.75) is 6.92 Å². The van der Waals surface area contributed by atoms with E-state index in [1.807, 2.05) is 6.07 Å². The van der Waals surface area contributed by atoms with Crippen molar-refractivity contribution < 1.29 is 17.9 Å². The summed E-state index contributed by atoms with van der Waals surface area (Å²) >= 11 is 0. The van der Waals surface area contributed by atoms with Gasteiger partial charge in [0.1, 0.15) is 17.4 Å². The number of sulfonamides is 1. The fourth-order valence-corrected chi connectivity index (χ4v) is 3.20. The van der Waals surface area contributed by atoms with Crippen molar-refractivity contribution in [3.8, 4) is 17.7 Å². The Morgan fingerprint density at radius 1 is 1.13 bits per heavy atom. The zero-order chi connectivity index (χ0) is 21.7. The first-order valence-electron chi connectivity index (χ1n) is 8.78. The molecule has 0 bridgehead atoms. The van der Waals surface area contributed by atoms with Gasteiger partial charge in [-0.3, -0.25) is 9.52 Å². The number of nitrogens with zero attached hydrogens (tertiary/aromatic N) is 2. The number of carbonyl (C=O) groups excluding carboxylic acids is 1. The smallest absolute Gasteiger partial charge is 0.255 e. The fraction of sp³-hybridized carbons (Fsp3) is 0.0952. The number of anilines is 2. The third kappa shape index (κ3) is 5.33. The number of nitrogens with one attached hydrogen (secondary N) is 2. The van der Waals surface area contributed by atoms with E-state index in [0.29, 0.717) is 28.3 Å². The summed E-state index contributed by atoms with van der Waals surface area (Å²) in [6.45, 7) is 1.80. The second kappa shape index (κ2) is 8.63. The highest BCUT2D eigenvalue weighted by atomic mass is 32.2. The standard InChI is InChI=1S/C21H18N4O4S/c1-14-11-18(29-21-16(13-22)6-4-10-23-21)8-9-19(14)24-20(26)15-5-3-7-17(12-15)25-30(2,27)28/h3-12,25H,1-2H3,(H,24,26). The molecular weight excluding hydrogens is 404 g/mol. The van der Waals surface area contributed by atoms with E-state index in [9.17, 15) is 13.2 Å². The number of carbonyl (C=O) groups is 1. The monoisotopic (exact) mass is 422 g/mol. The summed E-state index contributed by atoms with van der Waals surface area (Å²) in [4.78, 5) is 16.6. The summed E-state index contributed by atoms with van der Waals surface area (Å²) in [5.41, 5.74) is 2.22. The third-order valence-electron chi connectivity index (χ3n) is 3.98. The Morgan fingerprint density at radius 2 is 1.93 bits per heavy atom. The lowest BCUT2D eigenvalue weighted by atomic mass is 10.1. The predicted octanol–water partition coefficient (Wildman–Crippen LogP) is 3.68. The Morgan fingerprint density at radius 3 is 2.63 bits per heavy atom. The van der Waals surface area contributed by atoms with Crippen LogP contribution in [0.2, 0.25) is 0 Å². The molecule has 0 atom stereocenters. The van der Waals surface area contributed by atoms with Crippen LogP contribution in [-0.4, -0.2) is 25.6 Å². The number of aryl methyl sites for hydroxylation is 1. The zero-order valence-electron chi connectivity index (χ0n) is 16.2. The molecule has 2 N–H and O–H groups in total. The molecule has 9 heteroatoms. The molecule has 0 saturated heterocycles. The van der Waals surface area contributed by atoms with Gasteiger partial charge in [0, 0.05) is 23.1 Å². The van der Waals surface area contributed by atoms with Gasteiger partial charge in [-0.2, -0.15) is 5.26 Å². The van der Waals surface area contributed by atoms with Crippen LogP contribution < -0.4 is 14.8 Å². The van der Waals surface area contributed by atoms with E-state index < -0.39 is 10.0 Å². The van der Waals surface area contributed by atoms with Crippen molar-refractivity contribution in [1.29, 1.82) is 5.26 Å². The molecule has 30 heavy (non-hydrogen) atoms. The van der Waals surface area contributed by atoms with E-state index in [2.05, 4.69) is 15.0 Å². The van der Waals surface area contributed by atoms with E-state index in [1.54, 1.807) is 55.5 Å². The number of ether oxygens (including phenoxy) is 1. The normalized spacial score (nSPS) is 10.7. The van der Waals surface area contributed by atoms with Gasteiger partial charge in [0.25, 0.3) is 5.91 Å². The second-order valence-electron chi connectivity index (χ2n) is 6.46. The summed E-state index contributed by atoms with van der Waals surface area (Å²) in [5.74, 6) is 0.284. The first-order valence-corrected chi connectivity index (χ1v) is 10.7. The van der Waals surface area contributed by atoms with E-state index >= 15 is 0 Å². The summed E-state index contributed by atoms with van der Waals surface area (Å²) in [5, 5.41) is 11.9. The number of amides is 1. The molecule has 1 heterocycles. The minimum absolute atomic E-state index is 0.200. The summed E-state index contributed by atoms with van der Waals surface area (Å²) in [7, 11) is -3.44. The second-order valence-corrected chi connectivity index (χ2v) is 8.20. The van der Waals surface area contributed by atoms with Crippen molar-refractivity contribution in [1.82, 2.24) is 4.98 Å². The van der Waals surface area contributed by atoms with Gasteiger partial charge in [-0.25, -0.2) is 13.4 Å². The van der Waals surface area contributed by atoms with Gasteiger partial charge >= 0.3 is 0 Å². The predicted molar refractivity (Wildman–Crippen MR) is 113 cm³/mol. The minimum Gasteiger partial charge on any atom is -0.438 e. The minimum atomic E-state index is -3.44. The van der Waals surface area contributed by atoms with Crippen LogP contribution in [0.4, 0.5) is 11.4 Å². The third-order valence-corrected chi connectivity index (χ3v) is 4.59. The summed E-state index contributed by atoms with van der Waals surface area (Å²) < 4.78 is 30.8. The number of hydrogen-bond donors (Lipinski definition) is 2. The lowest BCUT2D eigenvalue weighted by Crippen LogP contribution is -2.14. The SMILES string of the molecule is Cc1cc(Oc2ncccc2C#N)ccc1NC(=O)c1cccc(NS(C)(=O)=O)c1. The number of hydrogen-bond acceptors (Lipinski definition) is 6. The highest BCUT2D eigenvalue weighted by Gasteiger charge is 2.12. The lowest BCUT2D eigenvalue weighted by Gasteiger charge is -2.12. The number of rotatable bonds is 6. The molecule has 0 aliphatic carbocycles. The largest absolute Gasteiger partial charge is 0.438 e. The van der Waals surface area contributed by atoms with E-state index in [4.69, 9.17) is 10.00 Å². The van der Waals surface area contributed by atoms with Crippen molar-refractivity contribution in [2.75, 3.05) is 16.3 Å². The Balaban J connectivity index is 1.75. The van der Waals surface area contributed by atoms with Crippen LogP contribution in [0.3, 0.4) is 0 Å². The maximum Gasteiger partial charge on any atom is 0.255 e. The number of nitriles is 1. The molecule has 1 aromatic heterocycles. The zero-order valence-corrected chi connectivity index (χ0v) is 17.0. The van der Waals surface area contributed by atoms with Crippen LogP contribution in [0.25, 0.3) is 0 Å². The van der Waals surface area contributed by atoms with Gasteiger partial charge < -0.3 is 10.1 Å². The molecule has 152 valence electrons. The quantitative estimate of drug-likeness (QED) is 0.625. The van der Waals surface area contributed by atoms with Gasteiger partial charge in [-0.1, -0.05) is 6.07 Å². The molecule has 3 aromatic rings. The number of aromatic nitrogens is 1. The maximum absolute atomic E-state index is 12.6. The molecule has 0 aliphatic heterocycles. The van der Waals surface area contributed by atoms with Gasteiger partial charge in [0.2, 0.25) is 15.9 Å². The number of benzene rings is 2. The number of pyridine rings is 1. The Labute approximate surface area is 174 Å². The van der Waals surface area contributed by atoms with E-state index in [-0.39, 0.29) is 11.8 Å². The van der Waals surface area contributed by atoms with Crippen molar-refractivity contribution in [3.05, 3.63) is 77.5 Å². The molecule has 8 nitrogen and oxygen atoms in total. The average Bonchev–Trinajstić information content (AvgIpc) is 2.69. The fourth-order valence-electron chi connectivity index (χ4n) is 2.64. The highest BCUT2D eigenvalue weighted by Crippen LogP contribution is 2.27. The molecule has 0 saturated carbocycles. The van der Waals surface area contributed by atoms with E-state index in [1.165, 1.54) is 12.3 Å². The first-order chi connectivity index (χ1) is 14.2. The Bertz CT molecular complexity index is 1250. The van der Waals surface area contributed by atoms with E-state index in [0.717, 1.165) is 11.8 Å². The van der Waals surface area contributed by atoms with Gasteiger partial charge in [-0.05, 0) is 61.0 Å². The molecule has 2 aromatic carbocycles. The molecule has 0 spiro atoms. The topological polar surface area (TPSA) is 121 Å². The molecule has 0 aliphatic rings. The first kappa shape index (κ1) is 20.8. The van der Waals surface area contributed by atoms with Crippen molar-refractivity contribution in [3.63, 3.8) is 0 Å². The van der Waals surface area contributed by atoms with Crippen molar-refractivity contribution >= 4 is 27.3 Å². The highest BCUT2D eigenvalue weighted by molar-refractivity contribution is 7.92. The van der Waals surface area contributed by atoms with Gasteiger partial charge in [0.05, 0.1) is 6.26 Å². The maximum atomic E-state index is 12.6. The molecule has 0 radical (unpaired) electrons. The van der Waals surface area contributed by atoms with Crippen LogP contribution in [0, 0.1) is 18.3 Å². The van der Waals surface area contributed by atoms with Gasteiger partial charge in [0.15, 0.2) is 0 Å². The van der Waals surface area contributed by atoms with Gasteiger partial charge in [-0.15, -0.1) is 0 Å². The van der Waals surface area contributed by atoms with Crippen LogP contribution in [0.15, 0.2) is 60.8 Å². The molecule has 3 rings (SSSR count). The Kier molecular flexibility index (Phi) is 5.99. The summed E-state index contributed by atoms with van der Waals surface area (Å²) in [6.07, 6.45) is 2.57. The van der Waals surface area contributed by atoms with Crippen LogP contribution in [0.1, 0.15) is 21.5 Å². The molecular formula is C21H18N4O4S. The average molecular weight is 422 g/mol.